The Balaban J connectivity index is 2.92. The number of rotatable bonds is 7. The van der Waals surface area contributed by atoms with Crippen molar-refractivity contribution in [3.63, 3.8) is 0 Å². The lowest BCUT2D eigenvalue weighted by Crippen LogP contribution is -2.57. The van der Waals surface area contributed by atoms with Gasteiger partial charge >= 0.3 is 10.4 Å². The van der Waals surface area contributed by atoms with Crippen molar-refractivity contribution in [3.05, 3.63) is 12.7 Å². The van der Waals surface area contributed by atoms with E-state index in [1.54, 1.807) is 0 Å². The molecular weight excluding hydrogens is 370 g/mol. The summed E-state index contributed by atoms with van der Waals surface area (Å²) in [6.07, 6.45) is -6.29. The minimum atomic E-state index is -4.89. The second-order valence-electron chi connectivity index (χ2n) is 4.81. The molecule has 1 rings (SSSR count). The van der Waals surface area contributed by atoms with E-state index in [-0.39, 0.29) is 11.5 Å². The van der Waals surface area contributed by atoms with Crippen molar-refractivity contribution in [2.75, 3.05) is 6.61 Å². The molecule has 0 aromatic carbocycles. The first-order chi connectivity index (χ1) is 11.1. The molecule has 1 heterocycles. The molecule has 24 heavy (non-hydrogen) atoms. The first-order valence-electron chi connectivity index (χ1n) is 6.59. The lowest BCUT2D eigenvalue weighted by Gasteiger charge is -2.39. The second kappa shape index (κ2) is 9.07. The average molecular weight is 389 g/mol. The third kappa shape index (κ3) is 6.27. The number of ether oxygens (including phenoxy) is 1. The summed E-state index contributed by atoms with van der Waals surface area (Å²) in [4.78, 5) is 0. The Hall–Kier alpha value is -0.770. The van der Waals surface area contributed by atoms with E-state index >= 15 is 0 Å². The number of thioether (sulfide) groups is 1. The summed E-state index contributed by atoms with van der Waals surface area (Å²) in [5.41, 5.74) is -1.26. The molecule has 1 saturated heterocycles. The van der Waals surface area contributed by atoms with Gasteiger partial charge in [0.05, 0.1) is 12.7 Å². The van der Waals surface area contributed by atoms with Crippen LogP contribution in [0.3, 0.4) is 0 Å². The number of nitrogens with zero attached hydrogens (tertiary/aromatic N) is 1. The van der Waals surface area contributed by atoms with E-state index in [1.807, 2.05) is 0 Å². The maximum Gasteiger partial charge on any atom is 0.466 e. The fourth-order valence-corrected chi connectivity index (χ4v) is 3.10. The molecule has 140 valence electrons. The Labute approximate surface area is 142 Å². The first-order valence-corrected chi connectivity index (χ1v) is 8.84. The van der Waals surface area contributed by atoms with Gasteiger partial charge in [-0.05, 0) is 0 Å². The maximum absolute atomic E-state index is 10.6. The molecule has 0 aliphatic carbocycles. The summed E-state index contributed by atoms with van der Waals surface area (Å²) in [5, 5.41) is 50.8. The molecule has 1 fully saturated rings. The van der Waals surface area contributed by atoms with Crippen LogP contribution in [-0.4, -0.2) is 86.1 Å². The number of oxime groups is 1. The third-order valence-corrected chi connectivity index (χ3v) is 4.39. The Morgan fingerprint density at radius 2 is 1.96 bits per heavy atom. The molecule has 0 aromatic heterocycles. The van der Waals surface area contributed by atoms with Gasteiger partial charge in [0.25, 0.3) is 0 Å². The second-order valence-corrected chi connectivity index (χ2v) is 6.99. The zero-order valence-electron chi connectivity index (χ0n) is 12.2. The van der Waals surface area contributed by atoms with Crippen molar-refractivity contribution < 1.29 is 47.5 Å². The van der Waals surface area contributed by atoms with Gasteiger partial charge in [0.2, 0.25) is 0 Å². The Morgan fingerprint density at radius 1 is 1.33 bits per heavy atom. The van der Waals surface area contributed by atoms with Crippen LogP contribution in [0.15, 0.2) is 17.8 Å². The lowest BCUT2D eigenvalue weighted by molar-refractivity contribution is -0.205. The van der Waals surface area contributed by atoms with E-state index in [0.717, 1.165) is 6.08 Å². The van der Waals surface area contributed by atoms with Gasteiger partial charge in [-0.2, -0.15) is 8.42 Å². The molecule has 13 heteroatoms. The minimum absolute atomic E-state index is 0.218. The summed E-state index contributed by atoms with van der Waals surface area (Å²) < 4.78 is 38.8. The van der Waals surface area contributed by atoms with Gasteiger partial charge in [0.1, 0.15) is 34.9 Å². The highest BCUT2D eigenvalue weighted by Crippen LogP contribution is 2.30. The van der Waals surface area contributed by atoms with Gasteiger partial charge in [0.15, 0.2) is 0 Å². The van der Waals surface area contributed by atoms with Gasteiger partial charge in [-0.3, -0.25) is 4.55 Å². The fourth-order valence-electron chi connectivity index (χ4n) is 1.76. The normalized spacial score (nSPS) is 33.1. The topological polar surface area (TPSA) is 186 Å². The molecule has 6 atom stereocenters. The number of hydrogen-bond acceptors (Lipinski definition) is 11. The molecule has 0 spiro atoms. The molecule has 0 saturated carbocycles. The summed E-state index contributed by atoms with van der Waals surface area (Å²) >= 11 is 0.570. The molecule has 1 aliphatic rings. The molecule has 11 nitrogen and oxygen atoms in total. The van der Waals surface area contributed by atoms with Crippen molar-refractivity contribution >= 4 is 27.2 Å². The highest BCUT2D eigenvalue weighted by Gasteiger charge is 2.44. The van der Waals surface area contributed by atoms with Crippen molar-refractivity contribution in [1.29, 1.82) is 0 Å². The van der Waals surface area contributed by atoms with E-state index in [1.165, 1.54) is 0 Å². The van der Waals surface area contributed by atoms with Crippen LogP contribution in [0, 0.1) is 0 Å². The molecule has 1 aliphatic heterocycles. The molecule has 0 unspecified atom stereocenters. The summed E-state index contributed by atoms with van der Waals surface area (Å²) in [6, 6.07) is 0. The maximum atomic E-state index is 10.6. The van der Waals surface area contributed by atoms with Crippen LogP contribution >= 0.6 is 11.8 Å². The molecule has 0 radical (unpaired) electrons. The smallest absolute Gasteiger partial charge is 0.394 e. The molecule has 0 bridgehead atoms. The Morgan fingerprint density at radius 3 is 2.46 bits per heavy atom. The summed E-state index contributed by atoms with van der Waals surface area (Å²) in [6.45, 7) is 2.67. The van der Waals surface area contributed by atoms with E-state index in [4.69, 9.17) is 14.4 Å². The number of aliphatic hydroxyl groups is 5. The van der Waals surface area contributed by atoms with Crippen LogP contribution in [0.25, 0.3) is 0 Å². The number of aliphatic hydroxyl groups excluding tert-OH is 5. The van der Waals surface area contributed by atoms with Crippen LogP contribution in [0.5, 0.6) is 0 Å². The zero-order valence-corrected chi connectivity index (χ0v) is 13.9. The largest absolute Gasteiger partial charge is 0.466 e. The Kier molecular flexibility index (Phi) is 8.04. The predicted molar refractivity (Wildman–Crippen MR) is 82.2 cm³/mol. The van der Waals surface area contributed by atoms with Crippen LogP contribution in [0.1, 0.15) is 6.42 Å². The van der Waals surface area contributed by atoms with E-state index in [0.29, 0.717) is 11.8 Å². The minimum Gasteiger partial charge on any atom is -0.394 e. The van der Waals surface area contributed by atoms with Crippen LogP contribution in [0.4, 0.5) is 0 Å². The zero-order chi connectivity index (χ0) is 18.5. The van der Waals surface area contributed by atoms with Crippen molar-refractivity contribution in [2.45, 2.75) is 42.4 Å². The quantitative estimate of drug-likeness (QED) is 0.0895. The van der Waals surface area contributed by atoms with Crippen LogP contribution < -0.4 is 0 Å². The highest BCUT2D eigenvalue weighted by molar-refractivity contribution is 8.14. The SMILES string of the molecule is C=C[C@@H](O)C/C(=N/OS(=O)(=O)O)S[C@H]1O[C@@H](CO)[C@H](O)[C@@H](O)[C@@H]1O. The van der Waals surface area contributed by atoms with Crippen molar-refractivity contribution in [2.24, 2.45) is 5.16 Å². The molecule has 0 amide bonds. The third-order valence-electron chi connectivity index (χ3n) is 2.99. The molecular formula is C11H19NO10S2. The standard InChI is InChI=1S/C11H19NO10S2/c1-2-5(14)3-7(12-22-24(18,19)20)23-11-10(17)9(16)8(15)6(4-13)21-11/h2,5-6,8-11,13-17H,1,3-4H2,(H,18,19,20)/b12-7-/t5-,6+,8+,9-,10+,11-/m1/s1. The van der Waals surface area contributed by atoms with Crippen molar-refractivity contribution in [3.8, 4) is 0 Å². The van der Waals surface area contributed by atoms with E-state index < -0.39 is 53.0 Å². The monoisotopic (exact) mass is 389 g/mol. The van der Waals surface area contributed by atoms with Crippen LogP contribution in [0.2, 0.25) is 0 Å². The summed E-state index contributed by atoms with van der Waals surface area (Å²) in [5.74, 6) is 0. The van der Waals surface area contributed by atoms with Gasteiger partial charge in [-0.1, -0.05) is 23.0 Å². The first kappa shape index (κ1) is 21.3. The number of hydrogen-bond donors (Lipinski definition) is 6. The predicted octanol–water partition coefficient (Wildman–Crippen LogP) is -2.41. The summed E-state index contributed by atoms with van der Waals surface area (Å²) in [7, 11) is -4.89. The van der Waals surface area contributed by atoms with Crippen LogP contribution in [-0.2, 0) is 19.4 Å². The van der Waals surface area contributed by atoms with Gasteiger partial charge < -0.3 is 30.3 Å². The average Bonchev–Trinajstić information content (AvgIpc) is 2.52. The molecule has 6 N–H and O–H groups in total. The molecule has 0 aromatic rings. The highest BCUT2D eigenvalue weighted by atomic mass is 32.3. The fraction of sp³-hybridized carbons (Fsp3) is 0.727. The van der Waals surface area contributed by atoms with Gasteiger partial charge in [0, 0.05) is 6.42 Å². The lowest BCUT2D eigenvalue weighted by atomic mass is 10.0. The van der Waals surface area contributed by atoms with E-state index in [9.17, 15) is 28.8 Å². The Bertz CT molecular complexity index is 551. The van der Waals surface area contributed by atoms with Gasteiger partial charge in [-0.15, -0.1) is 6.58 Å². The van der Waals surface area contributed by atoms with Crippen molar-refractivity contribution in [1.82, 2.24) is 0 Å². The van der Waals surface area contributed by atoms with Gasteiger partial charge in [-0.25, -0.2) is 4.28 Å². The van der Waals surface area contributed by atoms with E-state index in [2.05, 4.69) is 16.0 Å².